The molecule has 32 heavy (non-hydrogen) atoms. The molecule has 0 radical (unpaired) electrons. The molecule has 4 rings (SSSR count). The molecular weight excluding hydrogens is 434 g/mol. The van der Waals surface area contributed by atoms with Crippen molar-refractivity contribution in [2.45, 2.75) is 11.8 Å². The second-order valence-electron chi connectivity index (χ2n) is 7.64. The highest BCUT2D eigenvalue weighted by Gasteiger charge is 2.30. The number of hydrogen-bond acceptors (Lipinski definition) is 9. The Morgan fingerprint density at radius 3 is 2.03 bits per heavy atom. The minimum atomic E-state index is -3.64. The first-order valence-electron chi connectivity index (χ1n) is 10.6. The summed E-state index contributed by atoms with van der Waals surface area (Å²) < 4.78 is 43.8. The van der Waals surface area contributed by atoms with Gasteiger partial charge in [0, 0.05) is 51.4 Å². The number of piperazine rings is 1. The summed E-state index contributed by atoms with van der Waals surface area (Å²) in [4.78, 5) is 13.7. The topological polar surface area (TPSA) is 97.3 Å². The van der Waals surface area contributed by atoms with E-state index in [0.29, 0.717) is 56.7 Å². The van der Waals surface area contributed by atoms with Gasteiger partial charge in [0.25, 0.3) is 0 Å². The monoisotopic (exact) mass is 463 g/mol. The zero-order valence-corrected chi connectivity index (χ0v) is 19.5. The number of rotatable bonds is 6. The smallest absolute Gasteiger partial charge is 0.243 e. The van der Waals surface area contributed by atoms with Crippen LogP contribution in [0.3, 0.4) is 0 Å². The fourth-order valence-electron chi connectivity index (χ4n) is 3.94. The quantitative estimate of drug-likeness (QED) is 0.625. The highest BCUT2D eigenvalue weighted by atomic mass is 32.2. The molecule has 0 aliphatic carbocycles. The molecule has 2 aliphatic rings. The van der Waals surface area contributed by atoms with Crippen LogP contribution >= 0.6 is 0 Å². The first-order valence-corrected chi connectivity index (χ1v) is 12.0. The lowest BCUT2D eigenvalue weighted by molar-refractivity contribution is 0.122. The SMILES string of the molecule is COc1ccc(S(=O)(=O)N2CCN(c3cc(N4CCOCC4)nc(C)n3)CC2)cc1OC. The van der Waals surface area contributed by atoms with E-state index in [4.69, 9.17) is 14.2 Å². The first kappa shape index (κ1) is 22.6. The van der Waals surface area contributed by atoms with Gasteiger partial charge in [0.1, 0.15) is 17.5 Å². The lowest BCUT2D eigenvalue weighted by atomic mass is 10.3. The summed E-state index contributed by atoms with van der Waals surface area (Å²) in [6.07, 6.45) is 0. The van der Waals surface area contributed by atoms with Crippen LogP contribution in [-0.4, -0.2) is 89.4 Å². The summed E-state index contributed by atoms with van der Waals surface area (Å²) >= 11 is 0. The minimum absolute atomic E-state index is 0.191. The molecule has 3 heterocycles. The van der Waals surface area contributed by atoms with Crippen molar-refractivity contribution in [1.82, 2.24) is 14.3 Å². The summed E-state index contributed by atoms with van der Waals surface area (Å²) in [7, 11) is -0.636. The van der Waals surface area contributed by atoms with Crippen LogP contribution in [0.4, 0.5) is 11.6 Å². The van der Waals surface area contributed by atoms with E-state index >= 15 is 0 Å². The summed E-state index contributed by atoms with van der Waals surface area (Å²) in [6, 6.07) is 6.64. The van der Waals surface area contributed by atoms with E-state index in [9.17, 15) is 8.42 Å². The summed E-state index contributed by atoms with van der Waals surface area (Å²) in [5.41, 5.74) is 0. The molecular formula is C21H29N5O5S. The van der Waals surface area contributed by atoms with Gasteiger partial charge in [-0.1, -0.05) is 0 Å². The lowest BCUT2D eigenvalue weighted by Crippen LogP contribution is -2.49. The third-order valence-corrected chi connectivity index (χ3v) is 7.60. The molecule has 2 saturated heterocycles. The highest BCUT2D eigenvalue weighted by Crippen LogP contribution is 2.31. The Bertz CT molecular complexity index is 1050. The minimum Gasteiger partial charge on any atom is -0.493 e. The number of ether oxygens (including phenoxy) is 3. The zero-order valence-electron chi connectivity index (χ0n) is 18.7. The van der Waals surface area contributed by atoms with Crippen molar-refractivity contribution in [1.29, 1.82) is 0 Å². The normalized spacial score (nSPS) is 18.0. The summed E-state index contributed by atoms with van der Waals surface area (Å²) in [5.74, 6) is 3.29. The number of sulfonamides is 1. The molecule has 0 amide bonds. The van der Waals surface area contributed by atoms with Crippen LogP contribution in [0.5, 0.6) is 11.5 Å². The number of morpholine rings is 1. The number of methoxy groups -OCH3 is 2. The maximum Gasteiger partial charge on any atom is 0.243 e. The predicted molar refractivity (Wildman–Crippen MR) is 120 cm³/mol. The number of aryl methyl sites for hydroxylation is 1. The molecule has 10 nitrogen and oxygen atoms in total. The first-order chi connectivity index (χ1) is 15.4. The van der Waals surface area contributed by atoms with Crippen molar-refractivity contribution in [3.05, 3.63) is 30.1 Å². The summed E-state index contributed by atoms with van der Waals surface area (Å²) in [6.45, 7) is 6.68. The standard InChI is InChI=1S/C21H29N5O5S/c1-16-22-20(15-21(23-16)25-10-12-31-13-11-25)24-6-8-26(9-7-24)32(27,28)17-4-5-18(29-2)19(14-17)30-3/h4-5,14-15H,6-13H2,1-3H3. The molecule has 0 atom stereocenters. The molecule has 0 bridgehead atoms. The second-order valence-corrected chi connectivity index (χ2v) is 9.58. The second kappa shape index (κ2) is 9.47. The Hall–Kier alpha value is -2.63. The van der Waals surface area contributed by atoms with E-state index in [1.54, 1.807) is 12.1 Å². The molecule has 11 heteroatoms. The average molecular weight is 464 g/mol. The average Bonchev–Trinajstić information content (AvgIpc) is 2.83. The number of nitrogens with zero attached hydrogens (tertiary/aromatic N) is 5. The van der Waals surface area contributed by atoms with Crippen molar-refractivity contribution in [2.75, 3.05) is 76.5 Å². The van der Waals surface area contributed by atoms with Gasteiger partial charge in [-0.15, -0.1) is 0 Å². The fourth-order valence-corrected chi connectivity index (χ4v) is 5.37. The molecule has 1 aromatic heterocycles. The molecule has 1 aromatic carbocycles. The van der Waals surface area contributed by atoms with Gasteiger partial charge in [-0.25, -0.2) is 18.4 Å². The van der Waals surface area contributed by atoms with E-state index in [0.717, 1.165) is 24.7 Å². The Balaban J connectivity index is 1.48. The Morgan fingerprint density at radius 2 is 1.44 bits per heavy atom. The highest BCUT2D eigenvalue weighted by molar-refractivity contribution is 7.89. The van der Waals surface area contributed by atoms with Crippen LogP contribution in [0.1, 0.15) is 5.82 Å². The summed E-state index contributed by atoms with van der Waals surface area (Å²) in [5, 5.41) is 0. The van der Waals surface area contributed by atoms with Gasteiger partial charge in [-0.05, 0) is 19.1 Å². The number of hydrogen-bond donors (Lipinski definition) is 0. The third-order valence-electron chi connectivity index (χ3n) is 5.70. The maximum absolute atomic E-state index is 13.2. The van der Waals surface area contributed by atoms with E-state index in [1.807, 2.05) is 13.0 Å². The van der Waals surface area contributed by atoms with Crippen LogP contribution in [0.2, 0.25) is 0 Å². The van der Waals surface area contributed by atoms with Crippen molar-refractivity contribution in [2.24, 2.45) is 0 Å². The zero-order chi connectivity index (χ0) is 22.7. The molecule has 0 N–H and O–H groups in total. The van der Waals surface area contributed by atoms with Gasteiger partial charge in [-0.3, -0.25) is 0 Å². The fraction of sp³-hybridized carbons (Fsp3) is 0.524. The predicted octanol–water partition coefficient (Wildman–Crippen LogP) is 1.15. The van der Waals surface area contributed by atoms with E-state index in [2.05, 4.69) is 19.8 Å². The van der Waals surface area contributed by atoms with E-state index in [-0.39, 0.29) is 4.90 Å². The molecule has 2 fully saturated rings. The van der Waals surface area contributed by atoms with E-state index < -0.39 is 10.0 Å². The van der Waals surface area contributed by atoms with Crippen LogP contribution in [0.25, 0.3) is 0 Å². The van der Waals surface area contributed by atoms with Gasteiger partial charge >= 0.3 is 0 Å². The van der Waals surface area contributed by atoms with Gasteiger partial charge in [-0.2, -0.15) is 4.31 Å². The molecule has 0 saturated carbocycles. The van der Waals surface area contributed by atoms with Crippen LogP contribution in [0.15, 0.2) is 29.2 Å². The maximum atomic E-state index is 13.2. The van der Waals surface area contributed by atoms with Crippen LogP contribution in [0, 0.1) is 6.92 Å². The van der Waals surface area contributed by atoms with E-state index in [1.165, 1.54) is 24.6 Å². The van der Waals surface area contributed by atoms with Crippen molar-refractivity contribution in [3.8, 4) is 11.5 Å². The Labute approximate surface area is 188 Å². The lowest BCUT2D eigenvalue weighted by Gasteiger charge is -2.35. The molecule has 2 aromatic rings. The number of aromatic nitrogens is 2. The van der Waals surface area contributed by atoms with Crippen molar-refractivity contribution < 1.29 is 22.6 Å². The number of benzene rings is 1. The Kier molecular flexibility index (Phi) is 6.68. The largest absolute Gasteiger partial charge is 0.493 e. The van der Waals surface area contributed by atoms with Crippen molar-refractivity contribution in [3.63, 3.8) is 0 Å². The van der Waals surface area contributed by atoms with Crippen molar-refractivity contribution >= 4 is 21.7 Å². The molecule has 0 spiro atoms. The van der Waals surface area contributed by atoms with Gasteiger partial charge in [0.15, 0.2) is 11.5 Å². The molecule has 0 unspecified atom stereocenters. The molecule has 174 valence electrons. The van der Waals surface area contributed by atoms with Gasteiger partial charge in [0.2, 0.25) is 10.0 Å². The Morgan fingerprint density at radius 1 is 0.844 bits per heavy atom. The molecule has 2 aliphatic heterocycles. The van der Waals surface area contributed by atoms with Gasteiger partial charge < -0.3 is 24.0 Å². The third kappa shape index (κ3) is 4.59. The van der Waals surface area contributed by atoms with Crippen LogP contribution < -0.4 is 19.3 Å². The van der Waals surface area contributed by atoms with Gasteiger partial charge in [0.05, 0.1) is 32.3 Å². The number of anilines is 2. The van der Waals surface area contributed by atoms with Crippen LogP contribution in [-0.2, 0) is 14.8 Å².